The molecule has 108 valence electrons. The number of pyridine rings is 1. The second-order valence-electron chi connectivity index (χ2n) is 5.58. The standard InChI is InChI=1S/C15H16N4S2/c16-13(20)9-7-8-3-1-4-10(8)17-14(9)19-15-18-11-5-2-6-12(11)21-15/h7H,1-6H2,(H2,16,20)(H,17,18,19). The van der Waals surface area contributed by atoms with Gasteiger partial charge in [-0.3, -0.25) is 0 Å². The number of aryl methyl sites for hydroxylation is 4. The molecule has 0 bridgehead atoms. The summed E-state index contributed by atoms with van der Waals surface area (Å²) in [5.74, 6) is 0.760. The summed E-state index contributed by atoms with van der Waals surface area (Å²) in [5, 5.41) is 4.25. The first-order chi connectivity index (χ1) is 10.2. The first-order valence-corrected chi connectivity index (χ1v) is 8.51. The number of nitrogens with zero attached hydrogens (tertiary/aromatic N) is 2. The number of hydrogen-bond donors (Lipinski definition) is 2. The van der Waals surface area contributed by atoms with Gasteiger partial charge in [0.1, 0.15) is 10.8 Å². The zero-order valence-corrected chi connectivity index (χ0v) is 13.2. The van der Waals surface area contributed by atoms with Crippen LogP contribution in [0, 0.1) is 0 Å². The SMILES string of the molecule is NC(=S)c1cc2c(nc1Nc1nc3c(s1)CCC3)CCC2. The molecule has 0 radical (unpaired) electrons. The van der Waals surface area contributed by atoms with Gasteiger partial charge in [0.05, 0.1) is 11.3 Å². The zero-order valence-electron chi connectivity index (χ0n) is 11.6. The summed E-state index contributed by atoms with van der Waals surface area (Å²) in [7, 11) is 0. The van der Waals surface area contributed by atoms with E-state index < -0.39 is 0 Å². The lowest BCUT2D eigenvalue weighted by atomic mass is 10.1. The minimum absolute atomic E-state index is 0.392. The molecule has 2 aliphatic carbocycles. The van der Waals surface area contributed by atoms with Crippen LogP contribution in [0.15, 0.2) is 6.07 Å². The Labute approximate surface area is 132 Å². The van der Waals surface area contributed by atoms with E-state index in [0.29, 0.717) is 4.99 Å². The van der Waals surface area contributed by atoms with Gasteiger partial charge in [0.15, 0.2) is 5.13 Å². The van der Waals surface area contributed by atoms with E-state index in [9.17, 15) is 0 Å². The van der Waals surface area contributed by atoms with Crippen molar-refractivity contribution in [3.63, 3.8) is 0 Å². The molecule has 0 aliphatic heterocycles. The maximum atomic E-state index is 5.87. The van der Waals surface area contributed by atoms with Crippen LogP contribution >= 0.6 is 23.6 Å². The van der Waals surface area contributed by atoms with Crippen molar-refractivity contribution in [2.24, 2.45) is 5.73 Å². The molecule has 0 atom stereocenters. The third kappa shape index (κ3) is 2.32. The zero-order chi connectivity index (χ0) is 14.4. The fourth-order valence-electron chi connectivity index (χ4n) is 3.10. The van der Waals surface area contributed by atoms with Crippen molar-refractivity contribution < 1.29 is 0 Å². The molecule has 2 aromatic heterocycles. The molecular weight excluding hydrogens is 300 g/mol. The van der Waals surface area contributed by atoms with E-state index in [4.69, 9.17) is 22.9 Å². The van der Waals surface area contributed by atoms with Gasteiger partial charge in [-0.25, -0.2) is 9.97 Å². The molecule has 0 aromatic carbocycles. The van der Waals surface area contributed by atoms with Crippen molar-refractivity contribution >= 4 is 39.5 Å². The number of rotatable bonds is 3. The molecule has 2 aromatic rings. The van der Waals surface area contributed by atoms with E-state index in [1.807, 2.05) is 0 Å². The van der Waals surface area contributed by atoms with Crippen molar-refractivity contribution in [1.29, 1.82) is 0 Å². The van der Waals surface area contributed by atoms with E-state index in [1.54, 1.807) is 11.3 Å². The molecule has 4 rings (SSSR count). The van der Waals surface area contributed by atoms with Gasteiger partial charge in [0.2, 0.25) is 0 Å². The first kappa shape index (κ1) is 13.2. The highest BCUT2D eigenvalue weighted by Gasteiger charge is 2.20. The van der Waals surface area contributed by atoms with Crippen LogP contribution in [0.2, 0.25) is 0 Å². The predicted octanol–water partition coefficient (Wildman–Crippen LogP) is 2.89. The summed E-state index contributed by atoms with van der Waals surface area (Å²) >= 11 is 6.91. The molecular formula is C15H16N4S2. The van der Waals surface area contributed by atoms with Crippen molar-refractivity contribution in [2.45, 2.75) is 38.5 Å². The Bertz CT molecular complexity index is 714. The van der Waals surface area contributed by atoms with Gasteiger partial charge in [-0.1, -0.05) is 12.2 Å². The molecule has 21 heavy (non-hydrogen) atoms. The highest BCUT2D eigenvalue weighted by molar-refractivity contribution is 7.80. The monoisotopic (exact) mass is 316 g/mol. The number of aromatic nitrogens is 2. The summed E-state index contributed by atoms with van der Waals surface area (Å²) in [6.45, 7) is 0. The van der Waals surface area contributed by atoms with E-state index in [-0.39, 0.29) is 0 Å². The van der Waals surface area contributed by atoms with Gasteiger partial charge in [-0.05, 0) is 50.2 Å². The van der Waals surface area contributed by atoms with Crippen LogP contribution in [0.3, 0.4) is 0 Å². The molecule has 0 amide bonds. The Morgan fingerprint density at radius 1 is 1.14 bits per heavy atom. The number of thiocarbonyl (C=S) groups is 1. The molecule has 2 aliphatic rings. The Hall–Kier alpha value is -1.53. The minimum atomic E-state index is 0.392. The summed E-state index contributed by atoms with van der Waals surface area (Å²) < 4.78 is 0. The number of thiazole rings is 1. The lowest BCUT2D eigenvalue weighted by molar-refractivity contribution is 0.898. The normalized spacial score (nSPS) is 15.8. The van der Waals surface area contributed by atoms with Gasteiger partial charge in [0.25, 0.3) is 0 Å². The lowest BCUT2D eigenvalue weighted by Gasteiger charge is -2.11. The van der Waals surface area contributed by atoms with Crippen LogP contribution in [0.4, 0.5) is 10.9 Å². The van der Waals surface area contributed by atoms with Crippen molar-refractivity contribution in [2.75, 3.05) is 5.32 Å². The van der Waals surface area contributed by atoms with Crippen LogP contribution < -0.4 is 11.1 Å². The molecule has 0 saturated heterocycles. The Balaban J connectivity index is 1.71. The molecule has 0 saturated carbocycles. The molecule has 0 unspecified atom stereocenters. The number of anilines is 2. The van der Waals surface area contributed by atoms with Crippen LogP contribution in [-0.2, 0) is 25.7 Å². The van der Waals surface area contributed by atoms with Gasteiger partial charge >= 0.3 is 0 Å². The molecule has 6 heteroatoms. The van der Waals surface area contributed by atoms with Gasteiger partial charge in [-0.15, -0.1) is 11.3 Å². The highest BCUT2D eigenvalue weighted by Crippen LogP contribution is 2.33. The Morgan fingerprint density at radius 3 is 2.76 bits per heavy atom. The lowest BCUT2D eigenvalue weighted by Crippen LogP contribution is -2.14. The Kier molecular flexibility index (Phi) is 3.15. The van der Waals surface area contributed by atoms with Crippen molar-refractivity contribution in [3.05, 3.63) is 33.5 Å². The van der Waals surface area contributed by atoms with Crippen molar-refractivity contribution in [1.82, 2.24) is 9.97 Å². The Morgan fingerprint density at radius 2 is 1.95 bits per heavy atom. The first-order valence-electron chi connectivity index (χ1n) is 7.29. The highest BCUT2D eigenvalue weighted by atomic mass is 32.1. The van der Waals surface area contributed by atoms with Gasteiger partial charge in [-0.2, -0.15) is 0 Å². The van der Waals surface area contributed by atoms with Crippen LogP contribution in [0.1, 0.15) is 40.2 Å². The number of nitrogens with two attached hydrogens (primary N) is 1. The molecule has 4 nitrogen and oxygen atoms in total. The molecule has 0 spiro atoms. The van der Waals surface area contributed by atoms with E-state index >= 15 is 0 Å². The molecule has 3 N–H and O–H groups in total. The quantitative estimate of drug-likeness (QED) is 0.853. The third-order valence-corrected chi connectivity index (χ3v) is 5.43. The van der Waals surface area contributed by atoms with Crippen molar-refractivity contribution in [3.8, 4) is 0 Å². The van der Waals surface area contributed by atoms with E-state index in [0.717, 1.165) is 48.6 Å². The topological polar surface area (TPSA) is 63.8 Å². The van der Waals surface area contributed by atoms with Crippen LogP contribution in [0.5, 0.6) is 0 Å². The largest absolute Gasteiger partial charge is 0.389 e. The minimum Gasteiger partial charge on any atom is -0.389 e. The number of nitrogens with one attached hydrogen (secondary N) is 1. The molecule has 0 fully saturated rings. The summed E-state index contributed by atoms with van der Waals surface area (Å²) in [5.41, 5.74) is 10.4. The van der Waals surface area contributed by atoms with E-state index in [1.165, 1.54) is 28.2 Å². The predicted molar refractivity (Wildman–Crippen MR) is 89.6 cm³/mol. The fourth-order valence-corrected chi connectivity index (χ4v) is 4.30. The fraction of sp³-hybridized carbons (Fsp3) is 0.400. The average Bonchev–Trinajstić information content (AvgIpc) is 3.11. The van der Waals surface area contributed by atoms with Crippen LogP contribution in [-0.4, -0.2) is 15.0 Å². The summed E-state index contributed by atoms with van der Waals surface area (Å²) in [6.07, 6.45) is 6.74. The number of fused-ring (bicyclic) bond motifs is 2. The smallest absolute Gasteiger partial charge is 0.188 e. The van der Waals surface area contributed by atoms with Gasteiger partial charge in [0, 0.05) is 10.6 Å². The van der Waals surface area contributed by atoms with E-state index in [2.05, 4.69) is 16.4 Å². The van der Waals surface area contributed by atoms with Gasteiger partial charge < -0.3 is 11.1 Å². The maximum Gasteiger partial charge on any atom is 0.188 e. The number of hydrogen-bond acceptors (Lipinski definition) is 5. The maximum absolute atomic E-state index is 5.87. The third-order valence-electron chi connectivity index (χ3n) is 4.14. The molecule has 2 heterocycles. The second kappa shape index (κ2) is 5.03. The summed E-state index contributed by atoms with van der Waals surface area (Å²) in [4.78, 5) is 11.2. The van der Waals surface area contributed by atoms with Crippen LogP contribution in [0.25, 0.3) is 0 Å². The second-order valence-corrected chi connectivity index (χ2v) is 7.10. The summed E-state index contributed by atoms with van der Waals surface area (Å²) in [6, 6.07) is 2.10. The average molecular weight is 316 g/mol.